The highest BCUT2D eigenvalue weighted by Crippen LogP contribution is 2.21. The molecule has 0 fully saturated rings. The maximum Gasteiger partial charge on any atom is 0.238 e. The van der Waals surface area contributed by atoms with Crippen molar-refractivity contribution in [3.8, 4) is 0 Å². The first-order valence-electron chi connectivity index (χ1n) is 7.69. The van der Waals surface area contributed by atoms with Crippen molar-refractivity contribution in [3.05, 3.63) is 65.2 Å². The number of hydrogen-bond acceptors (Lipinski definition) is 3. The molecule has 124 valence electrons. The first-order valence-corrected chi connectivity index (χ1v) is 8.07. The Morgan fingerprint density at radius 3 is 2.88 bits per heavy atom. The standard InChI is InChI=1S/C18H17ClFN3O/c19-15-11-14(4-5-16(15)20)22-18(24)12-23-9-6-13(7-10-23)17-3-1-2-8-21-17/h1-6,8,11H,7,9-10,12H2,(H,22,24). The fourth-order valence-corrected chi connectivity index (χ4v) is 2.80. The number of nitrogens with one attached hydrogen (secondary N) is 1. The molecular formula is C18H17ClFN3O. The Morgan fingerprint density at radius 1 is 1.33 bits per heavy atom. The number of amides is 1. The van der Waals surface area contributed by atoms with Crippen molar-refractivity contribution in [1.29, 1.82) is 0 Å². The molecule has 0 atom stereocenters. The van der Waals surface area contributed by atoms with E-state index in [9.17, 15) is 9.18 Å². The summed E-state index contributed by atoms with van der Waals surface area (Å²) >= 11 is 5.71. The Bertz CT molecular complexity index is 764. The van der Waals surface area contributed by atoms with Crippen LogP contribution < -0.4 is 5.32 Å². The minimum atomic E-state index is -0.502. The summed E-state index contributed by atoms with van der Waals surface area (Å²) in [6, 6.07) is 9.99. The number of benzene rings is 1. The lowest BCUT2D eigenvalue weighted by Gasteiger charge is -2.25. The van der Waals surface area contributed by atoms with Crippen molar-refractivity contribution >= 4 is 28.8 Å². The molecule has 1 aromatic carbocycles. The summed E-state index contributed by atoms with van der Waals surface area (Å²) in [5.41, 5.74) is 2.69. The van der Waals surface area contributed by atoms with Gasteiger partial charge in [0.25, 0.3) is 0 Å². The normalized spacial score (nSPS) is 15.0. The van der Waals surface area contributed by atoms with Crippen LogP contribution in [0, 0.1) is 5.82 Å². The second-order valence-electron chi connectivity index (χ2n) is 5.61. The van der Waals surface area contributed by atoms with Gasteiger partial charge in [0.2, 0.25) is 5.91 Å². The average Bonchev–Trinajstić information content (AvgIpc) is 2.59. The number of carbonyl (C=O) groups excluding carboxylic acids is 1. The molecule has 0 unspecified atom stereocenters. The fourth-order valence-electron chi connectivity index (χ4n) is 2.62. The summed E-state index contributed by atoms with van der Waals surface area (Å²) in [4.78, 5) is 18.5. The molecule has 1 aliphatic heterocycles. The van der Waals surface area contributed by atoms with Gasteiger partial charge in [-0.3, -0.25) is 14.7 Å². The molecule has 0 spiro atoms. The predicted octanol–water partition coefficient (Wildman–Crippen LogP) is 3.60. The van der Waals surface area contributed by atoms with Crippen LogP contribution in [-0.4, -0.2) is 35.4 Å². The third-order valence-corrected chi connectivity index (χ3v) is 4.15. The Balaban J connectivity index is 1.54. The Kier molecular flexibility index (Phi) is 5.23. The quantitative estimate of drug-likeness (QED) is 0.920. The minimum absolute atomic E-state index is 0.00583. The molecule has 6 heteroatoms. The van der Waals surface area contributed by atoms with Crippen LogP contribution in [0.5, 0.6) is 0 Å². The van der Waals surface area contributed by atoms with Gasteiger partial charge in [0, 0.05) is 25.0 Å². The minimum Gasteiger partial charge on any atom is -0.325 e. The number of aromatic nitrogens is 1. The van der Waals surface area contributed by atoms with E-state index in [0.29, 0.717) is 12.2 Å². The number of anilines is 1. The van der Waals surface area contributed by atoms with Crippen LogP contribution in [-0.2, 0) is 4.79 Å². The smallest absolute Gasteiger partial charge is 0.238 e. The molecule has 24 heavy (non-hydrogen) atoms. The number of rotatable bonds is 4. The first-order chi connectivity index (χ1) is 11.6. The summed E-state index contributed by atoms with van der Waals surface area (Å²) in [6.07, 6.45) is 4.74. The third-order valence-electron chi connectivity index (χ3n) is 3.86. The van der Waals surface area contributed by atoms with E-state index < -0.39 is 5.82 Å². The molecule has 1 aromatic heterocycles. The second-order valence-corrected chi connectivity index (χ2v) is 6.01. The van der Waals surface area contributed by atoms with Gasteiger partial charge in [-0.05, 0) is 42.3 Å². The van der Waals surface area contributed by atoms with Crippen LogP contribution in [0.2, 0.25) is 5.02 Å². The predicted molar refractivity (Wildman–Crippen MR) is 93.3 cm³/mol. The maximum absolute atomic E-state index is 13.1. The summed E-state index contributed by atoms with van der Waals surface area (Å²) in [5, 5.41) is 2.73. The number of carbonyl (C=O) groups is 1. The van der Waals surface area contributed by atoms with Crippen LogP contribution in [0.4, 0.5) is 10.1 Å². The number of halogens is 2. The van der Waals surface area contributed by atoms with E-state index in [4.69, 9.17) is 11.6 Å². The molecule has 0 aliphatic carbocycles. The summed E-state index contributed by atoms with van der Waals surface area (Å²) in [7, 11) is 0. The van der Waals surface area contributed by atoms with Crippen molar-refractivity contribution in [2.75, 3.05) is 25.0 Å². The Hall–Kier alpha value is -2.24. The zero-order valence-corrected chi connectivity index (χ0v) is 13.8. The van der Waals surface area contributed by atoms with Gasteiger partial charge in [0.15, 0.2) is 0 Å². The summed E-state index contributed by atoms with van der Waals surface area (Å²) in [6.45, 7) is 1.77. The van der Waals surface area contributed by atoms with Crippen LogP contribution in [0.3, 0.4) is 0 Å². The van der Waals surface area contributed by atoms with E-state index >= 15 is 0 Å². The topological polar surface area (TPSA) is 45.2 Å². The molecular weight excluding hydrogens is 329 g/mol. The van der Waals surface area contributed by atoms with Gasteiger partial charge in [-0.1, -0.05) is 23.7 Å². The fraction of sp³-hybridized carbons (Fsp3) is 0.222. The van der Waals surface area contributed by atoms with Gasteiger partial charge in [-0.15, -0.1) is 0 Å². The lowest BCUT2D eigenvalue weighted by molar-refractivity contribution is -0.117. The highest BCUT2D eigenvalue weighted by atomic mass is 35.5. The maximum atomic E-state index is 13.1. The van der Waals surface area contributed by atoms with E-state index in [1.165, 1.54) is 23.8 Å². The van der Waals surface area contributed by atoms with Crippen molar-refractivity contribution in [1.82, 2.24) is 9.88 Å². The molecule has 1 N–H and O–H groups in total. The van der Waals surface area contributed by atoms with Crippen LogP contribution in [0.25, 0.3) is 5.57 Å². The molecule has 1 aliphatic rings. The monoisotopic (exact) mass is 345 g/mol. The largest absolute Gasteiger partial charge is 0.325 e. The van der Waals surface area contributed by atoms with E-state index in [1.54, 1.807) is 6.20 Å². The first kappa shape index (κ1) is 16.6. The molecule has 2 aromatic rings. The lowest BCUT2D eigenvalue weighted by atomic mass is 10.0. The molecule has 0 bridgehead atoms. The van der Waals surface area contributed by atoms with Crippen LogP contribution in [0.1, 0.15) is 12.1 Å². The summed E-state index contributed by atoms with van der Waals surface area (Å²) < 4.78 is 13.1. The molecule has 3 rings (SSSR count). The number of nitrogens with zero attached hydrogens (tertiary/aromatic N) is 2. The van der Waals surface area contributed by atoms with E-state index in [-0.39, 0.29) is 17.5 Å². The van der Waals surface area contributed by atoms with Crippen molar-refractivity contribution in [2.24, 2.45) is 0 Å². The van der Waals surface area contributed by atoms with Gasteiger partial charge in [-0.2, -0.15) is 0 Å². The van der Waals surface area contributed by atoms with Crippen molar-refractivity contribution < 1.29 is 9.18 Å². The SMILES string of the molecule is O=C(CN1CC=C(c2ccccn2)CC1)Nc1ccc(F)c(Cl)c1. The van der Waals surface area contributed by atoms with Gasteiger partial charge < -0.3 is 5.32 Å². The van der Waals surface area contributed by atoms with Crippen molar-refractivity contribution in [2.45, 2.75) is 6.42 Å². The van der Waals surface area contributed by atoms with Gasteiger partial charge in [0.1, 0.15) is 5.82 Å². The molecule has 0 saturated heterocycles. The number of pyridine rings is 1. The van der Waals surface area contributed by atoms with Crippen LogP contribution in [0.15, 0.2) is 48.7 Å². The zero-order chi connectivity index (χ0) is 16.9. The number of hydrogen-bond donors (Lipinski definition) is 1. The summed E-state index contributed by atoms with van der Waals surface area (Å²) in [5.74, 6) is -0.648. The molecule has 2 heterocycles. The lowest BCUT2D eigenvalue weighted by Crippen LogP contribution is -2.36. The molecule has 0 radical (unpaired) electrons. The zero-order valence-electron chi connectivity index (χ0n) is 13.0. The second kappa shape index (κ2) is 7.55. The average molecular weight is 346 g/mol. The molecule has 1 amide bonds. The molecule has 4 nitrogen and oxygen atoms in total. The van der Waals surface area contributed by atoms with Crippen molar-refractivity contribution in [3.63, 3.8) is 0 Å². The van der Waals surface area contributed by atoms with E-state index in [0.717, 1.165) is 18.7 Å². The Labute approximate surface area is 145 Å². The van der Waals surface area contributed by atoms with Gasteiger partial charge >= 0.3 is 0 Å². The molecule has 0 saturated carbocycles. The van der Waals surface area contributed by atoms with Crippen LogP contribution >= 0.6 is 11.6 Å². The van der Waals surface area contributed by atoms with E-state index in [1.807, 2.05) is 23.1 Å². The van der Waals surface area contributed by atoms with Gasteiger partial charge in [0.05, 0.1) is 17.3 Å². The van der Waals surface area contributed by atoms with E-state index in [2.05, 4.69) is 16.4 Å². The van der Waals surface area contributed by atoms with Gasteiger partial charge in [-0.25, -0.2) is 4.39 Å². The highest BCUT2D eigenvalue weighted by Gasteiger charge is 2.16. The Morgan fingerprint density at radius 2 is 2.21 bits per heavy atom. The third kappa shape index (κ3) is 4.19. The highest BCUT2D eigenvalue weighted by molar-refractivity contribution is 6.31.